The van der Waals surface area contributed by atoms with Crippen molar-refractivity contribution >= 4 is 49.6 Å². The van der Waals surface area contributed by atoms with Crippen LogP contribution in [-0.4, -0.2) is 70.2 Å². The lowest BCUT2D eigenvalue weighted by atomic mass is 9.93. The molecule has 1 amide bonds. The number of benzene rings is 2. The molecule has 1 aromatic heterocycles. The molecule has 3 aliphatic rings. The van der Waals surface area contributed by atoms with Crippen molar-refractivity contribution in [2.75, 3.05) is 59.2 Å². The monoisotopic (exact) mass is 582 g/mol. The van der Waals surface area contributed by atoms with Crippen molar-refractivity contribution in [1.82, 2.24) is 0 Å². The summed E-state index contributed by atoms with van der Waals surface area (Å²) in [7, 11) is -3.76. The zero-order valence-corrected chi connectivity index (χ0v) is 24.4. The minimum absolute atomic E-state index is 0.0735. The summed E-state index contributed by atoms with van der Waals surface area (Å²) in [6, 6.07) is 10.7. The number of fused-ring (bicyclic) bond motifs is 1. The summed E-state index contributed by atoms with van der Waals surface area (Å²) >= 11 is 0. The molecule has 220 valence electrons. The van der Waals surface area contributed by atoms with Gasteiger partial charge < -0.3 is 29.4 Å². The predicted molar refractivity (Wildman–Crippen MR) is 160 cm³/mol. The number of nitrogens with one attached hydrogen (secondary N) is 2. The first-order valence-electron chi connectivity index (χ1n) is 14.4. The van der Waals surface area contributed by atoms with Crippen molar-refractivity contribution in [2.45, 2.75) is 50.9 Å². The summed E-state index contributed by atoms with van der Waals surface area (Å²) in [6.07, 6.45) is 6.41. The van der Waals surface area contributed by atoms with Gasteiger partial charge in [-0.2, -0.15) is 0 Å². The maximum atomic E-state index is 13.7. The Labute approximate surface area is 240 Å². The number of ether oxygens (including phenoxy) is 1. The number of hydrogen-bond acceptors (Lipinski definition) is 8. The molecule has 0 radical (unpaired) electrons. The van der Waals surface area contributed by atoms with Crippen LogP contribution in [0.1, 0.15) is 49.9 Å². The molecule has 6 rings (SSSR count). The molecule has 10 nitrogen and oxygen atoms in total. The molecule has 2 aromatic carbocycles. The summed E-state index contributed by atoms with van der Waals surface area (Å²) in [5.41, 5.74) is 4.37. The largest absolute Gasteiger partial charge is 0.462 e. The van der Waals surface area contributed by atoms with Gasteiger partial charge in [0.1, 0.15) is 5.25 Å². The van der Waals surface area contributed by atoms with Gasteiger partial charge in [-0.05, 0) is 81.3 Å². The second-order valence-electron chi connectivity index (χ2n) is 11.8. The second-order valence-corrected chi connectivity index (χ2v) is 13.9. The highest BCUT2D eigenvalue weighted by Gasteiger charge is 2.44. The smallest absolute Gasteiger partial charge is 0.255 e. The highest BCUT2D eigenvalue weighted by atomic mass is 32.2. The van der Waals surface area contributed by atoms with Gasteiger partial charge >= 0.3 is 0 Å². The zero-order chi connectivity index (χ0) is 28.8. The van der Waals surface area contributed by atoms with E-state index in [0.29, 0.717) is 42.0 Å². The van der Waals surface area contributed by atoms with Crippen molar-refractivity contribution in [2.24, 2.45) is 5.41 Å². The number of furan rings is 1. The van der Waals surface area contributed by atoms with Crippen LogP contribution >= 0.6 is 0 Å². The standard InChI is InChI=1S/C30H38N4O6S/c1-20-18-34(12-14-39-20)27-16-23(15-22-5-13-40-28(22)27)29(36)31-25-4-3-24(32-41(37,38)21(2)19-35)17-26(25)33-10-8-30(6-7-30)9-11-33/h3-5,13,15-17,20-21,32,35H,6-12,14,18-19H2,1-2H3,(H,31,36)/t20-,21+/m1/s1. The molecule has 1 spiro atoms. The highest BCUT2D eigenvalue weighted by Crippen LogP contribution is 2.54. The Morgan fingerprint density at radius 1 is 1.07 bits per heavy atom. The zero-order valence-electron chi connectivity index (χ0n) is 23.6. The van der Waals surface area contributed by atoms with Gasteiger partial charge in [0.2, 0.25) is 10.0 Å². The first kappa shape index (κ1) is 27.9. The van der Waals surface area contributed by atoms with Gasteiger partial charge in [-0.3, -0.25) is 9.52 Å². The third kappa shape index (κ3) is 5.75. The lowest BCUT2D eigenvalue weighted by Crippen LogP contribution is -2.41. The first-order valence-corrected chi connectivity index (χ1v) is 15.9. The number of aliphatic hydroxyl groups excluding tert-OH is 1. The first-order chi connectivity index (χ1) is 19.7. The van der Waals surface area contributed by atoms with Crippen LogP contribution in [0.25, 0.3) is 11.0 Å². The number of carbonyl (C=O) groups excluding carboxylic acids is 1. The lowest BCUT2D eigenvalue weighted by molar-refractivity contribution is 0.0532. The average molecular weight is 583 g/mol. The summed E-state index contributed by atoms with van der Waals surface area (Å²) in [6.45, 7) is 6.71. The summed E-state index contributed by atoms with van der Waals surface area (Å²) in [4.78, 5) is 18.1. The number of anilines is 4. The maximum absolute atomic E-state index is 13.7. The highest BCUT2D eigenvalue weighted by molar-refractivity contribution is 7.93. The fourth-order valence-corrected chi connectivity index (χ4v) is 6.74. The van der Waals surface area contributed by atoms with E-state index >= 15 is 0 Å². The van der Waals surface area contributed by atoms with Gasteiger partial charge in [-0.1, -0.05) is 0 Å². The number of carbonyl (C=O) groups is 1. The molecule has 11 heteroatoms. The van der Waals surface area contributed by atoms with E-state index in [0.717, 1.165) is 48.3 Å². The predicted octanol–water partition coefficient (Wildman–Crippen LogP) is 4.41. The quantitative estimate of drug-likeness (QED) is 0.357. The van der Waals surface area contributed by atoms with Gasteiger partial charge in [0.25, 0.3) is 5.91 Å². The van der Waals surface area contributed by atoms with E-state index in [1.165, 1.54) is 19.8 Å². The van der Waals surface area contributed by atoms with Crippen molar-refractivity contribution in [3.63, 3.8) is 0 Å². The Morgan fingerprint density at radius 2 is 1.85 bits per heavy atom. The van der Waals surface area contributed by atoms with E-state index in [1.54, 1.807) is 24.5 Å². The molecule has 41 heavy (non-hydrogen) atoms. The number of piperidine rings is 1. The van der Waals surface area contributed by atoms with Crippen LogP contribution in [-0.2, 0) is 14.8 Å². The molecule has 3 N–H and O–H groups in total. The Hall–Kier alpha value is -3.28. The normalized spacial score (nSPS) is 21.2. The molecule has 2 saturated heterocycles. The fraction of sp³-hybridized carbons (Fsp3) is 0.500. The van der Waals surface area contributed by atoms with E-state index in [2.05, 4.69) is 19.8 Å². The molecule has 2 atom stereocenters. The van der Waals surface area contributed by atoms with Crippen LogP contribution in [0.5, 0.6) is 0 Å². The number of aliphatic hydroxyl groups is 1. The fourth-order valence-electron chi connectivity index (χ4n) is 5.88. The number of hydrogen-bond donors (Lipinski definition) is 3. The Morgan fingerprint density at radius 3 is 2.56 bits per heavy atom. The van der Waals surface area contributed by atoms with Gasteiger partial charge in [0.15, 0.2) is 5.58 Å². The van der Waals surface area contributed by atoms with Crippen molar-refractivity contribution in [3.8, 4) is 0 Å². The van der Waals surface area contributed by atoms with Gasteiger partial charge in [-0.15, -0.1) is 0 Å². The molecule has 0 unspecified atom stereocenters. The third-order valence-corrected chi connectivity index (χ3v) is 10.5. The molecule has 3 fully saturated rings. The van der Waals surface area contributed by atoms with Gasteiger partial charge in [-0.25, -0.2) is 8.42 Å². The van der Waals surface area contributed by atoms with Crippen LogP contribution in [0.3, 0.4) is 0 Å². The molecular weight excluding hydrogens is 544 g/mol. The molecule has 2 aliphatic heterocycles. The van der Waals surface area contributed by atoms with Crippen LogP contribution in [0.4, 0.5) is 22.7 Å². The van der Waals surface area contributed by atoms with E-state index in [4.69, 9.17) is 9.15 Å². The average Bonchev–Trinajstić information content (AvgIpc) is 3.53. The van der Waals surface area contributed by atoms with Gasteiger partial charge in [0, 0.05) is 37.1 Å². The van der Waals surface area contributed by atoms with Gasteiger partial charge in [0.05, 0.1) is 48.3 Å². The summed E-state index contributed by atoms with van der Waals surface area (Å²) in [5.74, 6) is -0.255. The molecule has 3 heterocycles. The van der Waals surface area contributed by atoms with Crippen LogP contribution < -0.4 is 19.8 Å². The molecule has 0 bridgehead atoms. The number of sulfonamides is 1. The van der Waals surface area contributed by atoms with Crippen LogP contribution in [0.15, 0.2) is 47.1 Å². The number of morpholine rings is 1. The van der Waals surface area contributed by atoms with E-state index in [-0.39, 0.29) is 12.0 Å². The Kier molecular flexibility index (Phi) is 7.37. The third-order valence-electron chi connectivity index (χ3n) is 8.79. The number of rotatable bonds is 8. The number of amides is 1. The van der Waals surface area contributed by atoms with Crippen LogP contribution in [0, 0.1) is 5.41 Å². The second kappa shape index (κ2) is 10.8. The van der Waals surface area contributed by atoms with Crippen molar-refractivity contribution in [1.29, 1.82) is 0 Å². The Balaban J connectivity index is 1.30. The van der Waals surface area contributed by atoms with E-state index in [9.17, 15) is 18.3 Å². The summed E-state index contributed by atoms with van der Waals surface area (Å²) < 4.78 is 39.4. The SMILES string of the molecule is C[C@@H]1CN(c2cc(C(=O)Nc3ccc(NS(=O)(=O)[C@@H](C)CO)cc3N3CCC4(CC3)CC4)cc3ccoc23)CCO1. The van der Waals surface area contributed by atoms with E-state index in [1.807, 2.05) is 25.1 Å². The maximum Gasteiger partial charge on any atom is 0.255 e. The number of nitrogens with zero attached hydrogens (tertiary/aromatic N) is 2. The molecule has 3 aromatic rings. The molecular formula is C30H38N4O6S. The molecule has 1 saturated carbocycles. The lowest BCUT2D eigenvalue weighted by Gasteiger charge is -2.35. The van der Waals surface area contributed by atoms with Crippen LogP contribution in [0.2, 0.25) is 0 Å². The summed E-state index contributed by atoms with van der Waals surface area (Å²) in [5, 5.41) is 12.4. The topological polar surface area (TPSA) is 124 Å². The van der Waals surface area contributed by atoms with Crippen molar-refractivity contribution in [3.05, 3.63) is 48.2 Å². The Bertz CT molecular complexity index is 1540. The minimum Gasteiger partial charge on any atom is -0.462 e. The van der Waals surface area contributed by atoms with E-state index < -0.39 is 21.9 Å². The minimum atomic E-state index is -3.76. The molecule has 1 aliphatic carbocycles. The van der Waals surface area contributed by atoms with Crippen molar-refractivity contribution < 1.29 is 27.5 Å².